The summed E-state index contributed by atoms with van der Waals surface area (Å²) in [6, 6.07) is 5.57. The van der Waals surface area contributed by atoms with E-state index in [9.17, 15) is 19.5 Å². The molecule has 2 heterocycles. The smallest absolute Gasteiger partial charge is 0.326 e. The second-order valence-electron chi connectivity index (χ2n) is 8.29. The van der Waals surface area contributed by atoms with E-state index in [0.29, 0.717) is 38.1 Å². The fraction of sp³-hybridized carbons (Fsp3) is 0.591. The Morgan fingerprint density at radius 2 is 1.97 bits per heavy atom. The van der Waals surface area contributed by atoms with Gasteiger partial charge in [0.15, 0.2) is 0 Å². The summed E-state index contributed by atoms with van der Waals surface area (Å²) in [5.41, 5.74) is 8.08. The van der Waals surface area contributed by atoms with E-state index < -0.39 is 30.0 Å². The number of nitrogens with zero attached hydrogens (tertiary/aromatic N) is 1. The number of nitrogens with two attached hydrogens (primary N) is 1. The summed E-state index contributed by atoms with van der Waals surface area (Å²) in [4.78, 5) is 40.1. The first-order valence-corrected chi connectivity index (χ1v) is 13.5. The highest BCUT2D eigenvalue weighted by Crippen LogP contribution is 2.28. The molecule has 2 aliphatic rings. The average Bonchev–Trinajstić information content (AvgIpc) is 2.77. The molecule has 0 radical (unpaired) electrons. The number of nitrogens with one attached hydrogen (secondary N) is 2. The van der Waals surface area contributed by atoms with Gasteiger partial charge in [0.1, 0.15) is 12.1 Å². The lowest BCUT2D eigenvalue weighted by molar-refractivity contribution is -0.146. The molecule has 10 heteroatoms. The molecule has 1 aromatic rings. The number of carbonyl (C=O) groups excluding carboxylic acids is 2. The number of benzene rings is 1. The number of hydrogen-bond acceptors (Lipinski definition) is 7. The molecule has 1 saturated heterocycles. The number of hydrogen-bond donors (Lipinski definition) is 4. The summed E-state index contributed by atoms with van der Waals surface area (Å²) in [5, 5.41) is 15.5. The Morgan fingerprint density at radius 1 is 1.25 bits per heavy atom. The SMILES string of the molecule is CCCC[C@H](NC(=O)[C@@H]1Cc2ccccc2CN1C(=O)[C@@H]1CSSC[C@H](N)CN1)C(=O)O. The van der Waals surface area contributed by atoms with Gasteiger partial charge in [-0.25, -0.2) is 4.79 Å². The lowest BCUT2D eigenvalue weighted by atomic mass is 9.92. The fourth-order valence-corrected chi connectivity index (χ4v) is 6.34. The Hall–Kier alpha value is -1.75. The summed E-state index contributed by atoms with van der Waals surface area (Å²) in [5.74, 6) is -0.223. The summed E-state index contributed by atoms with van der Waals surface area (Å²) < 4.78 is 0. The highest BCUT2D eigenvalue weighted by Gasteiger charge is 2.38. The van der Waals surface area contributed by atoms with Crippen molar-refractivity contribution in [2.75, 3.05) is 18.1 Å². The predicted molar refractivity (Wildman–Crippen MR) is 128 cm³/mol. The van der Waals surface area contributed by atoms with Crippen molar-refractivity contribution >= 4 is 39.4 Å². The molecular formula is C22H32N4O4S2. The molecule has 1 fully saturated rings. The third-order valence-corrected chi connectivity index (χ3v) is 8.34. The van der Waals surface area contributed by atoms with Crippen molar-refractivity contribution in [2.45, 2.75) is 63.3 Å². The molecule has 0 bridgehead atoms. The van der Waals surface area contributed by atoms with E-state index in [-0.39, 0.29) is 11.9 Å². The van der Waals surface area contributed by atoms with Gasteiger partial charge in [-0.3, -0.25) is 9.59 Å². The number of fused-ring (bicyclic) bond motifs is 1. The molecular weight excluding hydrogens is 448 g/mol. The van der Waals surface area contributed by atoms with Crippen LogP contribution in [0.4, 0.5) is 0 Å². The molecule has 4 atom stereocenters. The van der Waals surface area contributed by atoms with Gasteiger partial charge >= 0.3 is 5.97 Å². The minimum absolute atomic E-state index is 0.0424. The van der Waals surface area contributed by atoms with Gasteiger partial charge in [-0.1, -0.05) is 65.6 Å². The zero-order valence-electron chi connectivity index (χ0n) is 18.3. The van der Waals surface area contributed by atoms with Crippen LogP contribution in [0, 0.1) is 0 Å². The van der Waals surface area contributed by atoms with E-state index in [1.807, 2.05) is 31.2 Å². The second kappa shape index (κ2) is 11.9. The molecule has 1 aromatic carbocycles. The molecule has 5 N–H and O–H groups in total. The van der Waals surface area contributed by atoms with Gasteiger partial charge in [0, 0.05) is 37.1 Å². The first-order chi connectivity index (χ1) is 15.4. The maximum Gasteiger partial charge on any atom is 0.326 e. The molecule has 176 valence electrons. The van der Waals surface area contributed by atoms with Crippen LogP contribution in [0.5, 0.6) is 0 Å². The zero-order valence-corrected chi connectivity index (χ0v) is 19.9. The van der Waals surface area contributed by atoms with Crippen LogP contribution < -0.4 is 16.4 Å². The van der Waals surface area contributed by atoms with Gasteiger partial charge in [-0.2, -0.15) is 0 Å². The van der Waals surface area contributed by atoms with Crippen molar-refractivity contribution < 1.29 is 19.5 Å². The van der Waals surface area contributed by atoms with Crippen molar-refractivity contribution in [1.82, 2.24) is 15.5 Å². The molecule has 8 nitrogen and oxygen atoms in total. The van der Waals surface area contributed by atoms with Crippen LogP contribution in [0.2, 0.25) is 0 Å². The van der Waals surface area contributed by atoms with E-state index >= 15 is 0 Å². The van der Waals surface area contributed by atoms with Crippen molar-refractivity contribution in [3.05, 3.63) is 35.4 Å². The predicted octanol–water partition coefficient (Wildman–Crippen LogP) is 1.38. The monoisotopic (exact) mass is 480 g/mol. The lowest BCUT2D eigenvalue weighted by Crippen LogP contribution is -2.60. The average molecular weight is 481 g/mol. The molecule has 32 heavy (non-hydrogen) atoms. The first-order valence-electron chi connectivity index (χ1n) is 11.0. The van der Waals surface area contributed by atoms with Crippen LogP contribution in [-0.4, -0.2) is 70.0 Å². The van der Waals surface area contributed by atoms with Crippen LogP contribution in [0.25, 0.3) is 0 Å². The van der Waals surface area contributed by atoms with E-state index in [1.165, 1.54) is 0 Å². The van der Waals surface area contributed by atoms with Gasteiger partial charge in [0.05, 0.1) is 6.04 Å². The molecule has 2 amide bonds. The molecule has 2 aliphatic heterocycles. The summed E-state index contributed by atoms with van der Waals surface area (Å²) in [7, 11) is 3.26. The topological polar surface area (TPSA) is 125 Å². The van der Waals surface area contributed by atoms with Crippen molar-refractivity contribution in [2.24, 2.45) is 5.73 Å². The van der Waals surface area contributed by atoms with E-state index in [0.717, 1.165) is 23.3 Å². The number of carboxylic acid groups (broad SMARTS) is 1. The Morgan fingerprint density at radius 3 is 2.69 bits per heavy atom. The van der Waals surface area contributed by atoms with Gasteiger partial charge in [0.2, 0.25) is 11.8 Å². The van der Waals surface area contributed by atoms with Crippen LogP contribution in [0.15, 0.2) is 24.3 Å². The number of amides is 2. The van der Waals surface area contributed by atoms with Crippen molar-refractivity contribution in [1.29, 1.82) is 0 Å². The summed E-state index contributed by atoms with van der Waals surface area (Å²) >= 11 is 0. The molecule has 0 aliphatic carbocycles. The van der Waals surface area contributed by atoms with Crippen LogP contribution >= 0.6 is 21.6 Å². The largest absolute Gasteiger partial charge is 0.480 e. The number of carboxylic acids is 1. The van der Waals surface area contributed by atoms with Gasteiger partial charge < -0.3 is 26.4 Å². The van der Waals surface area contributed by atoms with Crippen LogP contribution in [0.3, 0.4) is 0 Å². The Labute approximate surface area is 196 Å². The summed E-state index contributed by atoms with van der Waals surface area (Å²) in [6.07, 6.45) is 2.27. The molecule has 0 spiro atoms. The van der Waals surface area contributed by atoms with Gasteiger partial charge in [-0.05, 0) is 17.5 Å². The minimum atomic E-state index is -1.05. The fourth-order valence-electron chi connectivity index (χ4n) is 3.94. The maximum absolute atomic E-state index is 13.5. The molecule has 0 saturated carbocycles. The van der Waals surface area contributed by atoms with Crippen LogP contribution in [-0.2, 0) is 27.3 Å². The highest BCUT2D eigenvalue weighted by atomic mass is 33.1. The quantitative estimate of drug-likeness (QED) is 0.432. The minimum Gasteiger partial charge on any atom is -0.480 e. The number of carbonyl (C=O) groups is 3. The van der Waals surface area contributed by atoms with E-state index in [4.69, 9.17) is 5.73 Å². The summed E-state index contributed by atoms with van der Waals surface area (Å²) in [6.45, 7) is 2.83. The van der Waals surface area contributed by atoms with Crippen molar-refractivity contribution in [3.63, 3.8) is 0 Å². The zero-order chi connectivity index (χ0) is 23.1. The Kier molecular flexibility index (Phi) is 9.27. The third-order valence-electron chi connectivity index (χ3n) is 5.82. The lowest BCUT2D eigenvalue weighted by Gasteiger charge is -2.39. The number of aliphatic carboxylic acids is 1. The standard InChI is InChI=1S/C22H32N4O4S2/c1-2-3-8-17(22(29)30)25-20(27)19-9-14-6-4-5-7-15(14)11-26(19)21(28)18-13-32-31-12-16(23)10-24-18/h4-7,16-19,24H,2-3,8-13,23H2,1H3,(H,25,27)(H,29,30)/t16-,17+,18+,19+/m1/s1. The highest BCUT2D eigenvalue weighted by molar-refractivity contribution is 8.76. The number of unbranched alkanes of at least 4 members (excludes halogenated alkanes) is 1. The number of rotatable bonds is 7. The molecule has 3 rings (SSSR count). The third kappa shape index (κ3) is 6.40. The van der Waals surface area contributed by atoms with Gasteiger partial charge in [-0.15, -0.1) is 0 Å². The van der Waals surface area contributed by atoms with E-state index in [2.05, 4.69) is 10.6 Å². The Balaban J connectivity index is 1.81. The normalized spacial score (nSPS) is 24.6. The second-order valence-corrected chi connectivity index (χ2v) is 10.8. The Bertz CT molecular complexity index is 825. The van der Waals surface area contributed by atoms with Crippen LogP contribution in [0.1, 0.15) is 37.3 Å². The molecule has 0 aromatic heterocycles. The molecule has 0 unspecified atom stereocenters. The van der Waals surface area contributed by atoms with E-state index in [1.54, 1.807) is 26.5 Å². The van der Waals surface area contributed by atoms with Gasteiger partial charge in [0.25, 0.3) is 0 Å². The first kappa shape index (κ1) is 24.9. The maximum atomic E-state index is 13.5. The van der Waals surface area contributed by atoms with Crippen molar-refractivity contribution in [3.8, 4) is 0 Å².